The van der Waals surface area contributed by atoms with E-state index < -0.39 is 11.6 Å². The first kappa shape index (κ1) is 23.1. The highest BCUT2D eigenvalue weighted by Gasteiger charge is 2.20. The summed E-state index contributed by atoms with van der Waals surface area (Å²) in [5, 5.41) is 0. The maximum absolute atomic E-state index is 13.9. The smallest absolute Gasteiger partial charge is 0.272 e. The number of carbonyl (C=O) groups is 1. The lowest BCUT2D eigenvalue weighted by Crippen LogP contribution is -2.28. The van der Waals surface area contributed by atoms with E-state index in [0.29, 0.717) is 11.4 Å². The summed E-state index contributed by atoms with van der Waals surface area (Å²) in [4.78, 5) is 31.8. The summed E-state index contributed by atoms with van der Waals surface area (Å²) in [6.07, 6.45) is 2.03. The maximum atomic E-state index is 13.9. The van der Waals surface area contributed by atoms with Crippen LogP contribution in [0.15, 0.2) is 51.7 Å². The van der Waals surface area contributed by atoms with E-state index in [2.05, 4.69) is 20.9 Å². The third kappa shape index (κ3) is 5.13. The molecule has 1 amide bonds. The Labute approximate surface area is 198 Å². The van der Waals surface area contributed by atoms with Gasteiger partial charge in [-0.25, -0.2) is 8.78 Å². The van der Waals surface area contributed by atoms with Crippen LogP contribution in [0.3, 0.4) is 0 Å². The first-order chi connectivity index (χ1) is 15.8. The van der Waals surface area contributed by atoms with Crippen LogP contribution in [-0.4, -0.2) is 33.4 Å². The van der Waals surface area contributed by atoms with Crippen molar-refractivity contribution in [2.75, 3.05) is 13.1 Å². The number of carbonyl (C=O) groups excluding carboxylic acids is 1. The number of nitrogens with zero attached hydrogens (tertiary/aromatic N) is 3. The van der Waals surface area contributed by atoms with E-state index in [9.17, 15) is 18.4 Å². The second-order valence-electron chi connectivity index (χ2n) is 7.89. The Morgan fingerprint density at radius 1 is 1.15 bits per heavy atom. The molecule has 1 aliphatic rings. The van der Waals surface area contributed by atoms with Crippen molar-refractivity contribution in [2.24, 2.45) is 0 Å². The predicted molar refractivity (Wildman–Crippen MR) is 122 cm³/mol. The normalized spacial score (nSPS) is 13.4. The van der Waals surface area contributed by atoms with Crippen molar-refractivity contribution in [2.45, 2.75) is 32.9 Å². The monoisotopic (exact) mass is 517 g/mol. The average molecular weight is 518 g/mol. The van der Waals surface area contributed by atoms with Crippen LogP contribution >= 0.6 is 15.9 Å². The summed E-state index contributed by atoms with van der Waals surface area (Å²) in [5.74, 6) is -1.00. The molecule has 3 aromatic rings. The van der Waals surface area contributed by atoms with Gasteiger partial charge < -0.3 is 9.64 Å². The van der Waals surface area contributed by atoms with Gasteiger partial charge in [0.2, 0.25) is 5.88 Å². The second-order valence-corrected chi connectivity index (χ2v) is 8.69. The molecule has 0 atom stereocenters. The minimum atomic E-state index is -0.737. The van der Waals surface area contributed by atoms with Crippen molar-refractivity contribution < 1.29 is 18.3 Å². The number of benzene rings is 2. The molecule has 0 radical (unpaired) electrons. The molecular formula is C24H22BrF2N3O3. The molecule has 9 heteroatoms. The van der Waals surface area contributed by atoms with E-state index in [1.54, 1.807) is 25.1 Å². The van der Waals surface area contributed by atoms with Gasteiger partial charge in [0.25, 0.3) is 11.5 Å². The molecule has 0 spiro atoms. The molecule has 0 N–H and O–H groups in total. The lowest BCUT2D eigenvalue weighted by Gasteiger charge is -2.16. The van der Waals surface area contributed by atoms with Crippen LogP contribution in [0, 0.1) is 18.6 Å². The van der Waals surface area contributed by atoms with Gasteiger partial charge in [-0.1, -0.05) is 12.1 Å². The van der Waals surface area contributed by atoms with Crippen molar-refractivity contribution in [3.05, 3.63) is 91.4 Å². The minimum Gasteiger partial charge on any atom is -0.472 e. The Bertz CT molecular complexity index is 1260. The highest BCUT2D eigenvalue weighted by Crippen LogP contribution is 2.22. The van der Waals surface area contributed by atoms with Crippen LogP contribution in [0.4, 0.5) is 8.78 Å². The van der Waals surface area contributed by atoms with Gasteiger partial charge in [-0.3, -0.25) is 14.2 Å². The fourth-order valence-corrected chi connectivity index (χ4v) is 4.19. The number of hydrogen-bond donors (Lipinski definition) is 0. The van der Waals surface area contributed by atoms with Crippen molar-refractivity contribution in [1.29, 1.82) is 0 Å². The van der Waals surface area contributed by atoms with Gasteiger partial charge in [0.05, 0.1) is 6.54 Å². The van der Waals surface area contributed by atoms with E-state index in [4.69, 9.17) is 4.74 Å². The van der Waals surface area contributed by atoms with Gasteiger partial charge in [-0.05, 0) is 65.5 Å². The standard InChI is InChI=1S/C24H22BrF2N3O3/c1-15-28-22(33-14-18-7-8-19(26)12-20(18)27)21(25)24(32)30(15)13-16-5-4-6-17(11-16)23(31)29-9-2-3-10-29/h4-8,11-12H,2-3,9-10,13-14H2,1H3. The van der Waals surface area contributed by atoms with E-state index in [0.717, 1.165) is 43.6 Å². The van der Waals surface area contributed by atoms with Crippen molar-refractivity contribution >= 4 is 21.8 Å². The molecule has 1 aromatic heterocycles. The van der Waals surface area contributed by atoms with Crippen molar-refractivity contribution in [1.82, 2.24) is 14.5 Å². The molecule has 0 saturated carbocycles. The molecule has 0 aliphatic carbocycles. The minimum absolute atomic E-state index is 0.00509. The number of aromatic nitrogens is 2. The van der Waals surface area contributed by atoms with Crippen LogP contribution < -0.4 is 10.3 Å². The van der Waals surface area contributed by atoms with Crippen LogP contribution in [-0.2, 0) is 13.2 Å². The molecule has 2 aromatic carbocycles. The predicted octanol–water partition coefficient (Wildman–Crippen LogP) is 4.46. The number of likely N-dealkylation sites (tertiary alicyclic amines) is 1. The average Bonchev–Trinajstić information content (AvgIpc) is 3.34. The van der Waals surface area contributed by atoms with E-state index >= 15 is 0 Å². The fraction of sp³-hybridized carbons (Fsp3) is 0.292. The summed E-state index contributed by atoms with van der Waals surface area (Å²) in [6, 6.07) is 10.4. The zero-order valence-electron chi connectivity index (χ0n) is 18.0. The lowest BCUT2D eigenvalue weighted by molar-refractivity contribution is 0.0792. The lowest BCUT2D eigenvalue weighted by atomic mass is 10.1. The van der Waals surface area contributed by atoms with E-state index in [1.807, 2.05) is 11.0 Å². The quantitative estimate of drug-likeness (QED) is 0.484. The number of amides is 1. The highest BCUT2D eigenvalue weighted by molar-refractivity contribution is 9.10. The van der Waals surface area contributed by atoms with E-state index in [-0.39, 0.29) is 40.5 Å². The van der Waals surface area contributed by atoms with Gasteiger partial charge >= 0.3 is 0 Å². The summed E-state index contributed by atoms with van der Waals surface area (Å²) in [7, 11) is 0. The summed E-state index contributed by atoms with van der Waals surface area (Å²) in [6.45, 7) is 3.22. The SMILES string of the molecule is Cc1nc(OCc2ccc(F)cc2F)c(Br)c(=O)n1Cc1cccc(C(=O)N2CCCC2)c1. The first-order valence-corrected chi connectivity index (χ1v) is 11.3. The topological polar surface area (TPSA) is 64.4 Å². The van der Waals surface area contributed by atoms with Gasteiger partial charge in [0.15, 0.2) is 0 Å². The second kappa shape index (κ2) is 9.82. The Balaban J connectivity index is 1.53. The summed E-state index contributed by atoms with van der Waals surface area (Å²) < 4.78 is 34.0. The molecular weight excluding hydrogens is 496 g/mol. The molecule has 172 valence electrons. The molecule has 33 heavy (non-hydrogen) atoms. The Kier molecular flexibility index (Phi) is 6.88. The van der Waals surface area contributed by atoms with Crippen molar-refractivity contribution in [3.63, 3.8) is 0 Å². The zero-order chi connectivity index (χ0) is 23.5. The molecule has 0 unspecified atom stereocenters. The number of aryl methyl sites for hydroxylation is 1. The largest absolute Gasteiger partial charge is 0.472 e. The van der Waals surface area contributed by atoms with Gasteiger partial charge in [0.1, 0.15) is 28.5 Å². The fourth-order valence-electron chi connectivity index (χ4n) is 3.77. The molecule has 1 aliphatic heterocycles. The van der Waals surface area contributed by atoms with Crippen molar-refractivity contribution in [3.8, 4) is 5.88 Å². The maximum Gasteiger partial charge on any atom is 0.272 e. The molecule has 1 fully saturated rings. The van der Waals surface area contributed by atoms with Gasteiger partial charge in [0, 0.05) is 30.3 Å². The van der Waals surface area contributed by atoms with Crippen LogP contribution in [0.5, 0.6) is 5.88 Å². The van der Waals surface area contributed by atoms with Crippen LogP contribution in [0.2, 0.25) is 0 Å². The number of rotatable bonds is 6. The highest BCUT2D eigenvalue weighted by atomic mass is 79.9. The zero-order valence-corrected chi connectivity index (χ0v) is 19.6. The molecule has 4 rings (SSSR count). The van der Waals surface area contributed by atoms with Gasteiger partial charge in [-0.2, -0.15) is 4.98 Å². The molecule has 6 nitrogen and oxygen atoms in total. The van der Waals surface area contributed by atoms with Crippen LogP contribution in [0.1, 0.15) is 40.2 Å². The molecule has 0 bridgehead atoms. The summed E-state index contributed by atoms with van der Waals surface area (Å²) >= 11 is 3.23. The van der Waals surface area contributed by atoms with Gasteiger partial charge in [-0.15, -0.1) is 0 Å². The first-order valence-electron chi connectivity index (χ1n) is 10.6. The van der Waals surface area contributed by atoms with E-state index in [1.165, 1.54) is 10.6 Å². The Morgan fingerprint density at radius 3 is 2.64 bits per heavy atom. The molecule has 2 heterocycles. The molecule has 1 saturated heterocycles. The number of ether oxygens (including phenoxy) is 1. The van der Waals surface area contributed by atoms with Crippen LogP contribution in [0.25, 0.3) is 0 Å². The Hall–Kier alpha value is -3.07. The summed E-state index contributed by atoms with van der Waals surface area (Å²) in [5.41, 5.74) is 1.16. The third-order valence-corrected chi connectivity index (χ3v) is 6.24. The number of halogens is 3. The number of hydrogen-bond acceptors (Lipinski definition) is 4. The third-order valence-electron chi connectivity index (χ3n) is 5.56. The Morgan fingerprint density at radius 2 is 1.91 bits per heavy atom.